The average molecular weight is 199 g/mol. The Morgan fingerprint density at radius 1 is 1.47 bits per heavy atom. The number of benzene rings is 1. The van der Waals surface area contributed by atoms with Crippen molar-refractivity contribution in [2.75, 3.05) is 6.61 Å². The Kier molecular flexibility index (Phi) is 3.77. The van der Waals surface area contributed by atoms with Gasteiger partial charge in [0.1, 0.15) is 11.8 Å². The van der Waals surface area contributed by atoms with Crippen molar-refractivity contribution in [3.8, 4) is 24.2 Å². The summed E-state index contributed by atoms with van der Waals surface area (Å²) in [5.74, 6) is 3.52. The predicted octanol–water partition coefficient (Wildman–Crippen LogP) is 2.57. The summed E-state index contributed by atoms with van der Waals surface area (Å²) in [6, 6.07) is 7.26. The zero-order valence-electron chi connectivity index (χ0n) is 8.95. The third-order valence-corrected chi connectivity index (χ3v) is 1.84. The molecule has 0 aliphatic carbocycles. The fourth-order valence-corrected chi connectivity index (χ4v) is 1.09. The SMILES string of the molecule is C#Cc1ccc(OCC(C)C)c(C#N)c1. The van der Waals surface area contributed by atoms with Gasteiger partial charge < -0.3 is 4.74 Å². The van der Waals surface area contributed by atoms with Gasteiger partial charge in [-0.3, -0.25) is 0 Å². The fraction of sp³-hybridized carbons (Fsp3) is 0.308. The summed E-state index contributed by atoms with van der Waals surface area (Å²) in [4.78, 5) is 0. The second-order valence-electron chi connectivity index (χ2n) is 3.67. The first-order valence-corrected chi connectivity index (χ1v) is 4.81. The maximum atomic E-state index is 8.91. The van der Waals surface area contributed by atoms with Crippen molar-refractivity contribution in [1.29, 1.82) is 5.26 Å². The number of hydrogen-bond donors (Lipinski definition) is 0. The van der Waals surface area contributed by atoms with Crippen molar-refractivity contribution in [1.82, 2.24) is 0 Å². The quantitative estimate of drug-likeness (QED) is 0.701. The summed E-state index contributed by atoms with van der Waals surface area (Å²) in [7, 11) is 0. The summed E-state index contributed by atoms with van der Waals surface area (Å²) < 4.78 is 5.50. The van der Waals surface area contributed by atoms with E-state index in [-0.39, 0.29) is 0 Å². The molecule has 0 aliphatic heterocycles. The molecule has 1 rings (SSSR count). The summed E-state index contributed by atoms with van der Waals surface area (Å²) in [6.07, 6.45) is 5.25. The van der Waals surface area contributed by atoms with Crippen LogP contribution in [0.1, 0.15) is 25.0 Å². The lowest BCUT2D eigenvalue weighted by Gasteiger charge is -2.09. The lowest BCUT2D eigenvalue weighted by molar-refractivity contribution is 0.270. The van der Waals surface area contributed by atoms with Crippen LogP contribution < -0.4 is 4.74 Å². The van der Waals surface area contributed by atoms with Crippen LogP contribution in [0.4, 0.5) is 0 Å². The smallest absolute Gasteiger partial charge is 0.137 e. The number of hydrogen-bond acceptors (Lipinski definition) is 2. The van der Waals surface area contributed by atoms with Crippen LogP contribution in [0.25, 0.3) is 0 Å². The monoisotopic (exact) mass is 199 g/mol. The highest BCUT2D eigenvalue weighted by Gasteiger charge is 2.04. The molecule has 0 saturated heterocycles. The zero-order valence-corrected chi connectivity index (χ0v) is 8.95. The minimum Gasteiger partial charge on any atom is -0.492 e. The van der Waals surface area contributed by atoms with E-state index in [1.807, 2.05) is 0 Å². The van der Waals surface area contributed by atoms with E-state index in [4.69, 9.17) is 16.4 Å². The number of nitrogens with zero attached hydrogens (tertiary/aromatic N) is 1. The normalized spacial score (nSPS) is 9.40. The van der Waals surface area contributed by atoms with Crippen LogP contribution in [0.3, 0.4) is 0 Å². The van der Waals surface area contributed by atoms with Gasteiger partial charge >= 0.3 is 0 Å². The highest BCUT2D eigenvalue weighted by molar-refractivity contribution is 5.49. The first kappa shape index (κ1) is 11.1. The molecule has 0 radical (unpaired) electrons. The minimum absolute atomic E-state index is 0.434. The van der Waals surface area contributed by atoms with Crippen molar-refractivity contribution in [3.05, 3.63) is 29.3 Å². The molecule has 0 aromatic heterocycles. The van der Waals surface area contributed by atoms with Crippen LogP contribution in [0.5, 0.6) is 5.75 Å². The standard InChI is InChI=1S/C13H13NO/c1-4-11-5-6-13(12(7-11)8-14)15-9-10(2)3/h1,5-7,10H,9H2,2-3H3. The van der Waals surface area contributed by atoms with E-state index < -0.39 is 0 Å². The Labute approximate surface area is 90.5 Å². The third kappa shape index (κ3) is 3.04. The lowest BCUT2D eigenvalue weighted by atomic mass is 10.1. The van der Waals surface area contributed by atoms with E-state index in [1.54, 1.807) is 18.2 Å². The topological polar surface area (TPSA) is 33.0 Å². The largest absolute Gasteiger partial charge is 0.492 e. The third-order valence-electron chi connectivity index (χ3n) is 1.84. The molecule has 0 amide bonds. The first-order chi connectivity index (χ1) is 7.17. The van der Waals surface area contributed by atoms with Crippen LogP contribution in [-0.2, 0) is 0 Å². The van der Waals surface area contributed by atoms with Gasteiger partial charge in [-0.05, 0) is 24.1 Å². The fourth-order valence-electron chi connectivity index (χ4n) is 1.09. The molecule has 2 heteroatoms. The highest BCUT2D eigenvalue weighted by Crippen LogP contribution is 2.19. The molecule has 0 saturated carbocycles. The Balaban J connectivity index is 2.90. The summed E-state index contributed by atoms with van der Waals surface area (Å²) >= 11 is 0. The molecule has 1 aromatic rings. The number of ether oxygens (including phenoxy) is 1. The number of nitriles is 1. The van der Waals surface area contributed by atoms with Gasteiger partial charge in [0.05, 0.1) is 12.2 Å². The number of terminal acetylenes is 1. The highest BCUT2D eigenvalue weighted by atomic mass is 16.5. The average Bonchev–Trinajstić information content (AvgIpc) is 2.25. The van der Waals surface area contributed by atoms with Crippen LogP contribution in [0, 0.1) is 29.6 Å². The van der Waals surface area contributed by atoms with Crippen molar-refractivity contribution in [2.24, 2.45) is 5.92 Å². The Morgan fingerprint density at radius 2 is 2.20 bits per heavy atom. The van der Waals surface area contributed by atoms with Crippen LogP contribution in [-0.4, -0.2) is 6.61 Å². The molecular weight excluding hydrogens is 186 g/mol. The molecular formula is C13H13NO. The molecule has 0 N–H and O–H groups in total. The van der Waals surface area contributed by atoms with Gasteiger partial charge in [-0.25, -0.2) is 0 Å². The Bertz CT molecular complexity index is 421. The van der Waals surface area contributed by atoms with Crippen molar-refractivity contribution in [2.45, 2.75) is 13.8 Å². The van der Waals surface area contributed by atoms with Crippen molar-refractivity contribution < 1.29 is 4.74 Å². The maximum absolute atomic E-state index is 8.91. The molecule has 0 atom stereocenters. The van der Waals surface area contributed by atoms with Gasteiger partial charge in [0.25, 0.3) is 0 Å². The van der Waals surface area contributed by atoms with Crippen LogP contribution >= 0.6 is 0 Å². The zero-order chi connectivity index (χ0) is 11.3. The summed E-state index contributed by atoms with van der Waals surface area (Å²) in [6.45, 7) is 4.72. The van der Waals surface area contributed by atoms with Crippen LogP contribution in [0.2, 0.25) is 0 Å². The molecule has 2 nitrogen and oxygen atoms in total. The van der Waals surface area contributed by atoms with E-state index in [2.05, 4.69) is 25.8 Å². The molecule has 76 valence electrons. The summed E-state index contributed by atoms with van der Waals surface area (Å²) in [5, 5.41) is 8.91. The second-order valence-corrected chi connectivity index (χ2v) is 3.67. The van der Waals surface area contributed by atoms with Crippen molar-refractivity contribution >= 4 is 0 Å². The van der Waals surface area contributed by atoms with Gasteiger partial charge in [-0.15, -0.1) is 6.42 Å². The summed E-state index contributed by atoms with van der Waals surface area (Å²) in [5.41, 5.74) is 1.19. The second kappa shape index (κ2) is 5.08. The Morgan fingerprint density at radius 3 is 2.73 bits per heavy atom. The molecule has 0 unspecified atom stereocenters. The molecule has 0 aliphatic rings. The molecule has 15 heavy (non-hydrogen) atoms. The van der Waals surface area contributed by atoms with Gasteiger partial charge in [-0.1, -0.05) is 19.8 Å². The van der Waals surface area contributed by atoms with E-state index >= 15 is 0 Å². The van der Waals surface area contributed by atoms with Gasteiger partial charge in [0, 0.05) is 5.56 Å². The minimum atomic E-state index is 0.434. The molecule has 0 spiro atoms. The number of rotatable bonds is 3. The predicted molar refractivity (Wildman–Crippen MR) is 59.4 cm³/mol. The van der Waals surface area contributed by atoms with E-state index in [0.29, 0.717) is 29.4 Å². The lowest BCUT2D eigenvalue weighted by Crippen LogP contribution is -2.05. The van der Waals surface area contributed by atoms with E-state index in [0.717, 1.165) is 0 Å². The Hall–Kier alpha value is -1.93. The van der Waals surface area contributed by atoms with E-state index in [9.17, 15) is 0 Å². The van der Waals surface area contributed by atoms with E-state index in [1.165, 1.54) is 0 Å². The molecule has 1 aromatic carbocycles. The van der Waals surface area contributed by atoms with Gasteiger partial charge in [-0.2, -0.15) is 5.26 Å². The van der Waals surface area contributed by atoms with Gasteiger partial charge in [0.15, 0.2) is 0 Å². The molecule has 0 heterocycles. The first-order valence-electron chi connectivity index (χ1n) is 4.81. The molecule has 0 fully saturated rings. The van der Waals surface area contributed by atoms with Crippen molar-refractivity contribution in [3.63, 3.8) is 0 Å². The van der Waals surface area contributed by atoms with Crippen LogP contribution in [0.15, 0.2) is 18.2 Å². The van der Waals surface area contributed by atoms with Gasteiger partial charge in [0.2, 0.25) is 0 Å². The molecule has 0 bridgehead atoms. The maximum Gasteiger partial charge on any atom is 0.137 e.